The Morgan fingerprint density at radius 1 is 1.42 bits per heavy atom. The Hall–Kier alpha value is -1.67. The summed E-state index contributed by atoms with van der Waals surface area (Å²) in [4.78, 5) is 13.6. The van der Waals surface area contributed by atoms with E-state index >= 15 is 0 Å². The van der Waals surface area contributed by atoms with E-state index in [0.717, 1.165) is 24.7 Å². The van der Waals surface area contributed by atoms with Crippen molar-refractivity contribution in [1.82, 2.24) is 9.78 Å². The number of nitrogens with zero attached hydrogens (tertiary/aromatic N) is 3. The van der Waals surface area contributed by atoms with E-state index in [1.165, 1.54) is 22.4 Å². The van der Waals surface area contributed by atoms with Crippen LogP contribution in [0.1, 0.15) is 36.6 Å². The van der Waals surface area contributed by atoms with Gasteiger partial charge < -0.3 is 4.90 Å². The molecule has 1 aromatic heterocycles. The zero-order valence-electron chi connectivity index (χ0n) is 11.9. The maximum atomic E-state index is 12.2. The van der Waals surface area contributed by atoms with E-state index in [2.05, 4.69) is 12.0 Å². The summed E-state index contributed by atoms with van der Waals surface area (Å²) >= 11 is 0. The number of likely N-dealkylation sites (tertiary alicyclic amines) is 1. The van der Waals surface area contributed by atoms with E-state index in [0.29, 0.717) is 12.2 Å². The van der Waals surface area contributed by atoms with Crippen LogP contribution in [0.2, 0.25) is 0 Å². The standard InChI is InChI=1S/C14H20N4O/c1-10-4-6-17(7-5-10)9-18-14(19)13(8-15)11(2)12(3)16-18/h10H,4-7,9H2,1-3H3/p+1. The van der Waals surface area contributed by atoms with Gasteiger partial charge in [0.25, 0.3) is 5.56 Å². The van der Waals surface area contributed by atoms with Crippen molar-refractivity contribution in [2.45, 2.75) is 40.3 Å². The number of nitrogens with one attached hydrogen (secondary N) is 1. The smallest absolute Gasteiger partial charge is 0.289 e. The normalized spacial score (nSPS) is 23.1. The molecule has 0 unspecified atom stereocenters. The summed E-state index contributed by atoms with van der Waals surface area (Å²) in [6.45, 7) is 8.61. The Balaban J connectivity index is 2.24. The van der Waals surface area contributed by atoms with Gasteiger partial charge >= 0.3 is 0 Å². The van der Waals surface area contributed by atoms with E-state index < -0.39 is 0 Å². The first-order valence-electron chi connectivity index (χ1n) is 6.85. The van der Waals surface area contributed by atoms with Crippen LogP contribution in [0, 0.1) is 31.1 Å². The van der Waals surface area contributed by atoms with Crippen LogP contribution >= 0.6 is 0 Å². The van der Waals surface area contributed by atoms with Crippen LogP contribution in [0.25, 0.3) is 0 Å². The third-order valence-corrected chi connectivity index (χ3v) is 4.10. The van der Waals surface area contributed by atoms with Crippen molar-refractivity contribution >= 4 is 0 Å². The second-order valence-electron chi connectivity index (χ2n) is 5.59. The first-order chi connectivity index (χ1) is 9.02. The highest BCUT2D eigenvalue weighted by atomic mass is 16.1. The van der Waals surface area contributed by atoms with Gasteiger partial charge in [-0.25, -0.2) is 0 Å². The van der Waals surface area contributed by atoms with Gasteiger partial charge in [0.2, 0.25) is 0 Å². The van der Waals surface area contributed by atoms with Gasteiger partial charge in [0, 0.05) is 0 Å². The average molecular weight is 261 g/mol. The minimum absolute atomic E-state index is 0.234. The summed E-state index contributed by atoms with van der Waals surface area (Å²) in [5.41, 5.74) is 1.45. The Morgan fingerprint density at radius 2 is 2.05 bits per heavy atom. The molecular formula is C14H21N4O+. The van der Waals surface area contributed by atoms with Gasteiger partial charge in [0.15, 0.2) is 6.67 Å². The maximum Gasteiger partial charge on any atom is 0.289 e. The highest BCUT2D eigenvalue weighted by molar-refractivity contribution is 5.36. The molecule has 102 valence electrons. The van der Waals surface area contributed by atoms with Crippen LogP contribution in [0.5, 0.6) is 0 Å². The number of rotatable bonds is 2. The quantitative estimate of drug-likeness (QED) is 0.815. The first kappa shape index (κ1) is 13.8. The molecule has 5 nitrogen and oxygen atoms in total. The minimum Gasteiger partial charge on any atom is -0.316 e. The Kier molecular flexibility index (Phi) is 4.01. The Labute approximate surface area is 113 Å². The average Bonchev–Trinajstić information content (AvgIpc) is 2.39. The fraction of sp³-hybridized carbons (Fsp3) is 0.643. The lowest BCUT2D eigenvalue weighted by Crippen LogP contribution is -3.12. The molecule has 0 spiro atoms. The summed E-state index contributed by atoms with van der Waals surface area (Å²) in [7, 11) is 0. The molecule has 0 aromatic carbocycles. The topological polar surface area (TPSA) is 63.1 Å². The molecule has 0 bridgehead atoms. The lowest BCUT2D eigenvalue weighted by Gasteiger charge is -2.27. The highest BCUT2D eigenvalue weighted by Crippen LogP contribution is 2.07. The molecule has 5 heteroatoms. The number of hydrogen-bond donors (Lipinski definition) is 1. The van der Waals surface area contributed by atoms with E-state index in [4.69, 9.17) is 5.26 Å². The molecule has 0 saturated carbocycles. The van der Waals surface area contributed by atoms with Gasteiger partial charge in [-0.1, -0.05) is 6.92 Å². The fourth-order valence-electron chi connectivity index (χ4n) is 2.55. The summed E-state index contributed by atoms with van der Waals surface area (Å²) < 4.78 is 1.46. The maximum absolute atomic E-state index is 12.2. The van der Waals surface area contributed by atoms with Crippen molar-refractivity contribution in [1.29, 1.82) is 5.26 Å². The zero-order chi connectivity index (χ0) is 14.0. The zero-order valence-corrected chi connectivity index (χ0v) is 11.9. The van der Waals surface area contributed by atoms with Crippen LogP contribution in [-0.2, 0) is 6.67 Å². The second kappa shape index (κ2) is 5.54. The summed E-state index contributed by atoms with van der Waals surface area (Å²) in [6.07, 6.45) is 2.39. The van der Waals surface area contributed by atoms with Crippen LogP contribution in [0.3, 0.4) is 0 Å². The molecule has 1 aromatic rings. The molecule has 0 radical (unpaired) electrons. The Bertz CT molecular complexity index is 562. The lowest BCUT2D eigenvalue weighted by atomic mass is 10.00. The highest BCUT2D eigenvalue weighted by Gasteiger charge is 2.21. The Morgan fingerprint density at radius 3 is 2.63 bits per heavy atom. The monoisotopic (exact) mass is 261 g/mol. The van der Waals surface area contributed by atoms with E-state index in [1.807, 2.05) is 13.0 Å². The molecule has 1 aliphatic heterocycles. The van der Waals surface area contributed by atoms with E-state index in [-0.39, 0.29) is 11.1 Å². The van der Waals surface area contributed by atoms with Crippen molar-refractivity contribution < 1.29 is 4.90 Å². The third-order valence-electron chi connectivity index (χ3n) is 4.10. The van der Waals surface area contributed by atoms with Crippen LogP contribution in [-0.4, -0.2) is 22.9 Å². The molecule has 1 N–H and O–H groups in total. The van der Waals surface area contributed by atoms with Gasteiger partial charge in [-0.3, -0.25) is 4.79 Å². The number of nitriles is 1. The third kappa shape index (κ3) is 2.85. The molecular weight excluding hydrogens is 240 g/mol. The molecule has 2 heterocycles. The van der Waals surface area contributed by atoms with E-state index in [9.17, 15) is 4.79 Å². The van der Waals surface area contributed by atoms with Crippen LogP contribution in [0.15, 0.2) is 4.79 Å². The van der Waals surface area contributed by atoms with Gasteiger partial charge in [0.05, 0.1) is 18.8 Å². The van der Waals surface area contributed by atoms with Gasteiger partial charge in [-0.05, 0) is 38.2 Å². The number of aromatic nitrogens is 2. The van der Waals surface area contributed by atoms with Crippen LogP contribution < -0.4 is 10.5 Å². The number of hydrogen-bond acceptors (Lipinski definition) is 3. The summed E-state index contributed by atoms with van der Waals surface area (Å²) in [6, 6.07) is 2.01. The molecule has 0 amide bonds. The van der Waals surface area contributed by atoms with Crippen molar-refractivity contribution in [2.75, 3.05) is 13.1 Å². The fourth-order valence-corrected chi connectivity index (χ4v) is 2.55. The largest absolute Gasteiger partial charge is 0.316 e. The molecule has 1 fully saturated rings. The first-order valence-corrected chi connectivity index (χ1v) is 6.85. The lowest BCUT2D eigenvalue weighted by molar-refractivity contribution is -0.929. The summed E-state index contributed by atoms with van der Waals surface area (Å²) in [5, 5.41) is 13.4. The SMILES string of the molecule is Cc1nn(C[NH+]2CCC(C)CC2)c(=O)c(C#N)c1C. The van der Waals surface area contributed by atoms with Gasteiger partial charge in [0.1, 0.15) is 11.6 Å². The van der Waals surface area contributed by atoms with E-state index in [1.54, 1.807) is 6.92 Å². The second-order valence-corrected chi connectivity index (χ2v) is 5.59. The van der Waals surface area contributed by atoms with Crippen molar-refractivity contribution in [3.05, 3.63) is 27.2 Å². The molecule has 1 aliphatic rings. The summed E-state index contributed by atoms with van der Waals surface area (Å²) in [5.74, 6) is 0.780. The minimum atomic E-state index is -0.253. The van der Waals surface area contributed by atoms with Crippen molar-refractivity contribution in [3.63, 3.8) is 0 Å². The molecule has 19 heavy (non-hydrogen) atoms. The van der Waals surface area contributed by atoms with Crippen LogP contribution in [0.4, 0.5) is 0 Å². The molecule has 2 rings (SSSR count). The number of aryl methyl sites for hydroxylation is 1. The van der Waals surface area contributed by atoms with Gasteiger partial charge in [-0.15, -0.1) is 0 Å². The van der Waals surface area contributed by atoms with Gasteiger partial charge in [-0.2, -0.15) is 15.0 Å². The molecule has 0 atom stereocenters. The predicted molar refractivity (Wildman–Crippen MR) is 71.8 cm³/mol. The number of quaternary nitrogens is 1. The molecule has 1 saturated heterocycles. The van der Waals surface area contributed by atoms with Crippen molar-refractivity contribution in [2.24, 2.45) is 5.92 Å². The molecule has 0 aliphatic carbocycles. The predicted octanol–water partition coefficient (Wildman–Crippen LogP) is 0.00412. The van der Waals surface area contributed by atoms with Crippen molar-refractivity contribution in [3.8, 4) is 6.07 Å². The number of piperidine rings is 1.